The third-order valence-corrected chi connectivity index (χ3v) is 7.40. The normalized spacial score (nSPS) is 14.1. The Kier molecular flexibility index (Phi) is 6.70. The van der Waals surface area contributed by atoms with Crippen molar-refractivity contribution in [1.29, 1.82) is 0 Å². The second-order valence-corrected chi connectivity index (χ2v) is 9.09. The Hall–Kier alpha value is -2.25. The van der Waals surface area contributed by atoms with Crippen LogP contribution in [0.3, 0.4) is 0 Å². The summed E-state index contributed by atoms with van der Waals surface area (Å²) >= 11 is 0. The summed E-state index contributed by atoms with van der Waals surface area (Å²) in [6.07, 6.45) is 2.41. The van der Waals surface area contributed by atoms with Crippen molar-refractivity contribution in [3.63, 3.8) is 0 Å². The minimum absolute atomic E-state index is 0.00498. The van der Waals surface area contributed by atoms with Crippen LogP contribution in [0.15, 0.2) is 47.4 Å². The van der Waals surface area contributed by atoms with E-state index in [1.165, 1.54) is 16.4 Å². The zero-order chi connectivity index (χ0) is 21.0. The van der Waals surface area contributed by atoms with Gasteiger partial charge in [-0.1, -0.05) is 26.0 Å². The molecule has 1 aliphatic heterocycles. The van der Waals surface area contributed by atoms with Crippen LogP contribution >= 0.6 is 0 Å². The average molecular weight is 419 g/mol. The number of sulfonamides is 1. The van der Waals surface area contributed by atoms with Crippen molar-refractivity contribution in [2.45, 2.75) is 44.4 Å². The number of aryl methyl sites for hydroxylation is 2. The number of hydrogen-bond donors (Lipinski definition) is 0. The van der Waals surface area contributed by atoms with Gasteiger partial charge in [0.05, 0.1) is 4.90 Å². The van der Waals surface area contributed by atoms with Crippen molar-refractivity contribution >= 4 is 21.6 Å². The Morgan fingerprint density at radius 2 is 1.79 bits per heavy atom. The molecule has 1 aliphatic rings. The molecule has 0 bridgehead atoms. The first-order valence-electron chi connectivity index (χ1n) is 10.0. The fourth-order valence-electron chi connectivity index (χ4n) is 3.74. The lowest BCUT2D eigenvalue weighted by molar-refractivity contribution is -0.118. The summed E-state index contributed by atoms with van der Waals surface area (Å²) in [6, 6.07) is 11.2. The molecule has 0 saturated heterocycles. The van der Waals surface area contributed by atoms with E-state index in [9.17, 15) is 17.6 Å². The van der Waals surface area contributed by atoms with Crippen molar-refractivity contribution in [2.75, 3.05) is 24.5 Å². The van der Waals surface area contributed by atoms with E-state index in [2.05, 4.69) is 0 Å². The smallest absolute Gasteiger partial charge is 0.243 e. The summed E-state index contributed by atoms with van der Waals surface area (Å²) in [5.41, 5.74) is 2.59. The number of carbonyl (C=O) groups excluding carboxylic acids is 1. The largest absolute Gasteiger partial charge is 0.312 e. The monoisotopic (exact) mass is 418 g/mol. The molecule has 0 fully saturated rings. The maximum absolute atomic E-state index is 13.0. The number of fused-ring (bicyclic) bond motifs is 1. The number of benzene rings is 2. The molecule has 156 valence electrons. The first kappa shape index (κ1) is 21.5. The summed E-state index contributed by atoms with van der Waals surface area (Å²) in [5.74, 6) is -0.296. The van der Waals surface area contributed by atoms with Gasteiger partial charge in [-0.2, -0.15) is 4.31 Å². The molecule has 5 nitrogen and oxygen atoms in total. The molecule has 2 aromatic rings. The molecule has 0 spiro atoms. The molecule has 0 saturated carbocycles. The van der Waals surface area contributed by atoms with Crippen molar-refractivity contribution in [2.24, 2.45) is 0 Å². The van der Waals surface area contributed by atoms with E-state index in [0.717, 1.165) is 29.7 Å². The lowest BCUT2D eigenvalue weighted by atomic mass is 10.0. The van der Waals surface area contributed by atoms with E-state index in [1.807, 2.05) is 13.8 Å². The second kappa shape index (κ2) is 9.05. The van der Waals surface area contributed by atoms with Gasteiger partial charge in [0.1, 0.15) is 5.82 Å². The predicted octanol–water partition coefficient (Wildman–Crippen LogP) is 3.77. The van der Waals surface area contributed by atoms with Crippen molar-refractivity contribution in [3.05, 3.63) is 59.4 Å². The van der Waals surface area contributed by atoms with Gasteiger partial charge in [0.2, 0.25) is 15.9 Å². The summed E-state index contributed by atoms with van der Waals surface area (Å²) in [4.78, 5) is 14.8. The lowest BCUT2D eigenvalue weighted by Crippen LogP contribution is -2.36. The standard InChI is InChI=1S/C22H27FN2O3S/c1-3-24(4-2)29(27,28)20-12-13-21-18(16-20)6-5-15-25(21)22(26)14-9-17-7-10-19(23)11-8-17/h7-8,10-13,16H,3-6,9,14-15H2,1-2H3. The molecule has 1 heterocycles. The van der Waals surface area contributed by atoms with Crippen LogP contribution in [0, 0.1) is 5.82 Å². The Bertz CT molecular complexity index is 970. The van der Waals surface area contributed by atoms with Crippen molar-refractivity contribution in [1.82, 2.24) is 4.31 Å². The molecular formula is C22H27FN2O3S. The van der Waals surface area contributed by atoms with Crippen molar-refractivity contribution < 1.29 is 17.6 Å². The minimum Gasteiger partial charge on any atom is -0.312 e. The molecule has 3 rings (SSSR count). The first-order chi connectivity index (χ1) is 13.9. The van der Waals surface area contributed by atoms with Gasteiger partial charge in [-0.25, -0.2) is 12.8 Å². The summed E-state index contributed by atoms with van der Waals surface area (Å²) < 4.78 is 40.1. The molecule has 2 aromatic carbocycles. The Morgan fingerprint density at radius 1 is 1.10 bits per heavy atom. The molecule has 0 N–H and O–H groups in total. The molecule has 0 unspecified atom stereocenters. The van der Waals surface area contributed by atoms with E-state index in [1.54, 1.807) is 35.2 Å². The first-order valence-corrected chi connectivity index (χ1v) is 11.5. The van der Waals surface area contributed by atoms with Gasteiger partial charge in [-0.3, -0.25) is 4.79 Å². The fraction of sp³-hybridized carbons (Fsp3) is 0.409. The zero-order valence-corrected chi connectivity index (χ0v) is 17.7. The van der Waals surface area contributed by atoms with Gasteiger partial charge < -0.3 is 4.90 Å². The highest BCUT2D eigenvalue weighted by atomic mass is 32.2. The highest BCUT2D eigenvalue weighted by Crippen LogP contribution is 2.31. The molecule has 7 heteroatoms. The van der Waals surface area contributed by atoms with Crippen LogP contribution in [0.2, 0.25) is 0 Å². The topological polar surface area (TPSA) is 57.7 Å². The average Bonchev–Trinajstić information content (AvgIpc) is 2.73. The van der Waals surface area contributed by atoms with E-state index >= 15 is 0 Å². The van der Waals surface area contributed by atoms with Crippen LogP contribution in [0.25, 0.3) is 0 Å². The Morgan fingerprint density at radius 3 is 2.45 bits per heavy atom. The van der Waals surface area contributed by atoms with Crippen LogP contribution in [0.4, 0.5) is 10.1 Å². The molecule has 1 amide bonds. The molecule has 29 heavy (non-hydrogen) atoms. The molecular weight excluding hydrogens is 391 g/mol. The van der Waals surface area contributed by atoms with E-state index in [-0.39, 0.29) is 16.6 Å². The van der Waals surface area contributed by atoms with Gasteiger partial charge in [-0.05, 0) is 60.7 Å². The maximum atomic E-state index is 13.0. The highest BCUT2D eigenvalue weighted by Gasteiger charge is 2.26. The Balaban J connectivity index is 1.78. The van der Waals surface area contributed by atoms with Crippen LogP contribution in [-0.4, -0.2) is 38.3 Å². The van der Waals surface area contributed by atoms with Gasteiger partial charge in [0.15, 0.2) is 0 Å². The third-order valence-electron chi connectivity index (χ3n) is 5.35. The number of amides is 1. The minimum atomic E-state index is -3.52. The van der Waals surface area contributed by atoms with Gasteiger partial charge in [0.25, 0.3) is 0 Å². The summed E-state index contributed by atoms with van der Waals surface area (Å²) in [6.45, 7) is 5.10. The summed E-state index contributed by atoms with van der Waals surface area (Å²) in [5, 5.41) is 0. The van der Waals surface area contributed by atoms with E-state index < -0.39 is 10.0 Å². The number of halogens is 1. The quantitative estimate of drug-likeness (QED) is 0.688. The van der Waals surface area contributed by atoms with Crippen LogP contribution in [0.1, 0.15) is 37.8 Å². The lowest BCUT2D eigenvalue weighted by Gasteiger charge is -2.30. The molecule has 0 radical (unpaired) electrons. The Labute approximate surface area is 172 Å². The van der Waals surface area contributed by atoms with E-state index in [0.29, 0.717) is 32.5 Å². The van der Waals surface area contributed by atoms with Crippen LogP contribution in [-0.2, 0) is 27.7 Å². The third kappa shape index (κ3) is 4.67. The molecule has 0 aliphatic carbocycles. The number of rotatable bonds is 7. The summed E-state index contributed by atoms with van der Waals surface area (Å²) in [7, 11) is -3.52. The molecule has 0 atom stereocenters. The number of hydrogen-bond acceptors (Lipinski definition) is 3. The fourth-order valence-corrected chi connectivity index (χ4v) is 5.25. The van der Waals surface area contributed by atoms with Gasteiger partial charge in [-0.15, -0.1) is 0 Å². The number of carbonyl (C=O) groups is 1. The van der Waals surface area contributed by atoms with Crippen molar-refractivity contribution in [3.8, 4) is 0 Å². The van der Waals surface area contributed by atoms with Gasteiger partial charge in [0, 0.05) is 31.7 Å². The zero-order valence-electron chi connectivity index (χ0n) is 16.9. The maximum Gasteiger partial charge on any atom is 0.243 e. The van der Waals surface area contributed by atoms with Gasteiger partial charge >= 0.3 is 0 Å². The SMILES string of the molecule is CCN(CC)S(=O)(=O)c1ccc2c(c1)CCCN2C(=O)CCc1ccc(F)cc1. The highest BCUT2D eigenvalue weighted by molar-refractivity contribution is 7.89. The number of anilines is 1. The second-order valence-electron chi connectivity index (χ2n) is 7.16. The van der Waals surface area contributed by atoms with Crippen LogP contribution < -0.4 is 4.90 Å². The molecule has 0 aromatic heterocycles. The van der Waals surface area contributed by atoms with Crippen LogP contribution in [0.5, 0.6) is 0 Å². The number of nitrogens with zero attached hydrogens (tertiary/aromatic N) is 2. The van der Waals surface area contributed by atoms with E-state index in [4.69, 9.17) is 0 Å². The predicted molar refractivity (Wildman–Crippen MR) is 112 cm³/mol.